The van der Waals surface area contributed by atoms with Gasteiger partial charge >= 0.3 is 5.97 Å². The molecule has 0 saturated heterocycles. The van der Waals surface area contributed by atoms with Gasteiger partial charge in [0.2, 0.25) is 0 Å². The van der Waals surface area contributed by atoms with Crippen LogP contribution in [0.3, 0.4) is 0 Å². The lowest BCUT2D eigenvalue weighted by Crippen LogP contribution is -2.37. The van der Waals surface area contributed by atoms with E-state index in [1.54, 1.807) is 11.3 Å². The SMILES string of the molecule is COC(=O)CN(Cc1cncs1)C1CCCC1. The predicted molar refractivity (Wildman–Crippen MR) is 66.8 cm³/mol. The Hall–Kier alpha value is -0.940. The lowest BCUT2D eigenvalue weighted by Gasteiger charge is -2.26. The van der Waals surface area contributed by atoms with Crippen molar-refractivity contribution in [1.29, 1.82) is 0 Å². The van der Waals surface area contributed by atoms with Gasteiger partial charge in [-0.2, -0.15) is 0 Å². The quantitative estimate of drug-likeness (QED) is 0.754. The fourth-order valence-corrected chi connectivity index (χ4v) is 2.95. The second-order valence-corrected chi connectivity index (χ2v) is 5.36. The number of hydrogen-bond donors (Lipinski definition) is 0. The molecular formula is C12H18N2O2S. The van der Waals surface area contributed by atoms with Crippen LogP contribution in [0.2, 0.25) is 0 Å². The highest BCUT2D eigenvalue weighted by Gasteiger charge is 2.25. The normalized spacial score (nSPS) is 16.6. The van der Waals surface area contributed by atoms with Crippen molar-refractivity contribution in [2.24, 2.45) is 0 Å². The minimum absolute atomic E-state index is 0.151. The molecule has 0 aromatic carbocycles. The van der Waals surface area contributed by atoms with Crippen LogP contribution in [0.4, 0.5) is 0 Å². The molecular weight excluding hydrogens is 236 g/mol. The van der Waals surface area contributed by atoms with Crippen LogP contribution in [0.5, 0.6) is 0 Å². The molecule has 1 aliphatic rings. The minimum Gasteiger partial charge on any atom is -0.468 e. The maximum atomic E-state index is 11.4. The van der Waals surface area contributed by atoms with E-state index < -0.39 is 0 Å². The van der Waals surface area contributed by atoms with E-state index >= 15 is 0 Å². The van der Waals surface area contributed by atoms with Crippen molar-refractivity contribution in [3.63, 3.8) is 0 Å². The Morgan fingerprint density at radius 3 is 2.94 bits per heavy atom. The maximum absolute atomic E-state index is 11.4. The number of hydrogen-bond acceptors (Lipinski definition) is 5. The van der Waals surface area contributed by atoms with E-state index in [1.165, 1.54) is 37.7 Å². The summed E-state index contributed by atoms with van der Waals surface area (Å²) in [5.74, 6) is -0.151. The fourth-order valence-electron chi connectivity index (χ4n) is 2.33. The Morgan fingerprint density at radius 2 is 2.35 bits per heavy atom. The number of nitrogens with zero attached hydrogens (tertiary/aromatic N) is 2. The molecule has 94 valence electrons. The zero-order valence-electron chi connectivity index (χ0n) is 10.1. The molecule has 0 amide bonds. The van der Waals surface area contributed by atoms with E-state index in [1.807, 2.05) is 11.7 Å². The summed E-state index contributed by atoms with van der Waals surface area (Å²) in [4.78, 5) is 18.9. The van der Waals surface area contributed by atoms with E-state index in [0.717, 1.165) is 6.54 Å². The molecule has 2 rings (SSSR count). The van der Waals surface area contributed by atoms with Crippen molar-refractivity contribution in [2.75, 3.05) is 13.7 Å². The first-order valence-corrected chi connectivity index (χ1v) is 6.86. The van der Waals surface area contributed by atoms with E-state index in [-0.39, 0.29) is 5.97 Å². The van der Waals surface area contributed by atoms with Gasteiger partial charge in [-0.3, -0.25) is 14.7 Å². The topological polar surface area (TPSA) is 42.4 Å². The zero-order valence-corrected chi connectivity index (χ0v) is 10.9. The van der Waals surface area contributed by atoms with Gasteiger partial charge in [0.15, 0.2) is 0 Å². The van der Waals surface area contributed by atoms with E-state index in [0.29, 0.717) is 12.6 Å². The molecule has 1 saturated carbocycles. The smallest absolute Gasteiger partial charge is 0.319 e. The van der Waals surface area contributed by atoms with Crippen LogP contribution in [-0.4, -0.2) is 35.5 Å². The Morgan fingerprint density at radius 1 is 1.59 bits per heavy atom. The van der Waals surface area contributed by atoms with Crippen LogP contribution >= 0.6 is 11.3 Å². The van der Waals surface area contributed by atoms with Crippen LogP contribution in [0, 0.1) is 0 Å². The number of esters is 1. The van der Waals surface area contributed by atoms with Gasteiger partial charge in [0.25, 0.3) is 0 Å². The number of thiazole rings is 1. The van der Waals surface area contributed by atoms with Gasteiger partial charge < -0.3 is 4.74 Å². The van der Waals surface area contributed by atoms with Crippen LogP contribution in [0.15, 0.2) is 11.7 Å². The summed E-state index contributed by atoms with van der Waals surface area (Å²) in [7, 11) is 1.45. The van der Waals surface area contributed by atoms with Gasteiger partial charge in [-0.25, -0.2) is 0 Å². The average molecular weight is 254 g/mol. The standard InChI is InChI=1S/C12H18N2O2S/c1-16-12(15)8-14(10-4-2-3-5-10)7-11-6-13-9-17-11/h6,9-10H,2-5,7-8H2,1H3. The maximum Gasteiger partial charge on any atom is 0.319 e. The number of carbonyl (C=O) groups is 1. The fraction of sp³-hybridized carbons (Fsp3) is 0.667. The highest BCUT2D eigenvalue weighted by molar-refractivity contribution is 7.09. The molecule has 1 aliphatic carbocycles. The first kappa shape index (κ1) is 12.5. The molecule has 4 nitrogen and oxygen atoms in total. The molecule has 17 heavy (non-hydrogen) atoms. The van der Waals surface area contributed by atoms with Crippen molar-refractivity contribution in [2.45, 2.75) is 38.3 Å². The second kappa shape index (κ2) is 6.12. The molecule has 5 heteroatoms. The van der Waals surface area contributed by atoms with Gasteiger partial charge in [0.1, 0.15) is 0 Å². The number of rotatable bonds is 5. The van der Waals surface area contributed by atoms with Crippen LogP contribution in [-0.2, 0) is 16.1 Å². The van der Waals surface area contributed by atoms with Gasteiger partial charge in [-0.15, -0.1) is 11.3 Å². The summed E-state index contributed by atoms with van der Waals surface area (Å²) in [6.07, 6.45) is 6.80. The molecule has 0 bridgehead atoms. The molecule has 0 atom stereocenters. The number of ether oxygens (including phenoxy) is 1. The van der Waals surface area contributed by atoms with Gasteiger partial charge in [-0.05, 0) is 12.8 Å². The molecule has 1 aromatic heterocycles. The van der Waals surface area contributed by atoms with E-state index in [4.69, 9.17) is 4.74 Å². The number of methoxy groups -OCH3 is 1. The molecule has 0 unspecified atom stereocenters. The van der Waals surface area contributed by atoms with Gasteiger partial charge in [-0.1, -0.05) is 12.8 Å². The van der Waals surface area contributed by atoms with Gasteiger partial charge in [0.05, 0.1) is 19.2 Å². The van der Waals surface area contributed by atoms with Crippen LogP contribution in [0.25, 0.3) is 0 Å². The van der Waals surface area contributed by atoms with Crippen LogP contribution in [0.1, 0.15) is 30.6 Å². The summed E-state index contributed by atoms with van der Waals surface area (Å²) in [5.41, 5.74) is 1.83. The molecule has 0 spiro atoms. The number of aromatic nitrogens is 1. The lowest BCUT2D eigenvalue weighted by atomic mass is 10.2. The van der Waals surface area contributed by atoms with Crippen LogP contribution < -0.4 is 0 Å². The summed E-state index contributed by atoms with van der Waals surface area (Å²) in [5, 5.41) is 0. The van der Waals surface area contributed by atoms with E-state index in [2.05, 4.69) is 9.88 Å². The van der Waals surface area contributed by atoms with Gasteiger partial charge in [0, 0.05) is 23.7 Å². The summed E-state index contributed by atoms with van der Waals surface area (Å²) in [6, 6.07) is 0.524. The van der Waals surface area contributed by atoms with Crippen molar-refractivity contribution in [3.05, 3.63) is 16.6 Å². The second-order valence-electron chi connectivity index (χ2n) is 4.39. The first-order valence-electron chi connectivity index (χ1n) is 5.98. The average Bonchev–Trinajstić information content (AvgIpc) is 3.00. The molecule has 0 N–H and O–H groups in total. The molecule has 0 radical (unpaired) electrons. The zero-order chi connectivity index (χ0) is 12.1. The largest absolute Gasteiger partial charge is 0.468 e. The first-order chi connectivity index (χ1) is 8.29. The lowest BCUT2D eigenvalue weighted by molar-refractivity contribution is -0.142. The molecule has 1 fully saturated rings. The van der Waals surface area contributed by atoms with E-state index in [9.17, 15) is 4.79 Å². The highest BCUT2D eigenvalue weighted by atomic mass is 32.1. The third-order valence-corrected chi connectivity index (χ3v) is 4.01. The van der Waals surface area contributed by atoms with Crippen molar-refractivity contribution < 1.29 is 9.53 Å². The minimum atomic E-state index is -0.151. The van der Waals surface area contributed by atoms with Crippen molar-refractivity contribution in [3.8, 4) is 0 Å². The summed E-state index contributed by atoms with van der Waals surface area (Å²) < 4.78 is 4.77. The summed E-state index contributed by atoms with van der Waals surface area (Å²) in [6.45, 7) is 1.20. The predicted octanol–water partition coefficient (Wildman–Crippen LogP) is 2.06. The van der Waals surface area contributed by atoms with Crippen molar-refractivity contribution >= 4 is 17.3 Å². The molecule has 0 aliphatic heterocycles. The highest BCUT2D eigenvalue weighted by Crippen LogP contribution is 2.25. The molecule has 1 heterocycles. The summed E-state index contributed by atoms with van der Waals surface area (Å²) >= 11 is 1.64. The molecule has 1 aromatic rings. The monoisotopic (exact) mass is 254 g/mol. The Kier molecular flexibility index (Phi) is 4.50. The van der Waals surface area contributed by atoms with Crippen molar-refractivity contribution in [1.82, 2.24) is 9.88 Å². The number of carbonyl (C=O) groups excluding carboxylic acids is 1. The third-order valence-electron chi connectivity index (χ3n) is 3.24. The third kappa shape index (κ3) is 3.51. The Balaban J connectivity index is 1.98. The Bertz CT molecular complexity index is 347. The Labute approximate surface area is 106 Å².